The summed E-state index contributed by atoms with van der Waals surface area (Å²) in [7, 11) is -1.15. The van der Waals surface area contributed by atoms with Gasteiger partial charge in [-0.05, 0) is 14.0 Å². The van der Waals surface area contributed by atoms with Gasteiger partial charge in [-0.3, -0.25) is 4.79 Å². The molecule has 1 atom stereocenters. The predicted molar refractivity (Wildman–Crippen MR) is 63.0 cm³/mol. The van der Waals surface area contributed by atoms with Crippen LogP contribution in [0.5, 0.6) is 0 Å². The molecule has 0 N–H and O–H groups in total. The third kappa shape index (κ3) is 7.64. The van der Waals surface area contributed by atoms with Gasteiger partial charge in [-0.1, -0.05) is 6.92 Å². The molecule has 0 aliphatic heterocycles. The first-order valence-corrected chi connectivity index (χ1v) is 7.35. The van der Waals surface area contributed by atoms with Gasteiger partial charge in [0.05, 0.1) is 18.3 Å². The van der Waals surface area contributed by atoms with Crippen molar-refractivity contribution in [1.82, 2.24) is 4.90 Å². The highest BCUT2D eigenvalue weighted by atomic mass is 32.2. The van der Waals surface area contributed by atoms with Crippen molar-refractivity contribution in [3.8, 4) is 0 Å². The highest BCUT2D eigenvalue weighted by Crippen LogP contribution is 2.01. The summed E-state index contributed by atoms with van der Waals surface area (Å²) in [6, 6.07) is 0. The second-order valence-corrected chi connectivity index (χ2v) is 6.30. The van der Waals surface area contributed by atoms with Crippen molar-refractivity contribution in [1.29, 1.82) is 0 Å². The van der Waals surface area contributed by atoms with Gasteiger partial charge in [-0.15, -0.1) is 0 Å². The standard InChI is InChI=1S/C10H21NO4S/c1-5-15-10(12)9(2)8-11(3)6-7-16(4,13)14/h9H,5-8H2,1-4H3. The molecule has 0 rings (SSSR count). The van der Waals surface area contributed by atoms with Crippen molar-refractivity contribution >= 4 is 15.8 Å². The summed E-state index contributed by atoms with van der Waals surface area (Å²) in [6.07, 6.45) is 1.20. The first-order chi connectivity index (χ1) is 7.26. The van der Waals surface area contributed by atoms with E-state index in [-0.39, 0.29) is 17.6 Å². The van der Waals surface area contributed by atoms with E-state index in [0.717, 1.165) is 0 Å². The lowest BCUT2D eigenvalue weighted by molar-refractivity contribution is -0.147. The molecule has 0 bridgehead atoms. The maximum atomic E-state index is 11.3. The van der Waals surface area contributed by atoms with Crippen molar-refractivity contribution in [2.75, 3.05) is 38.8 Å². The average Bonchev–Trinajstić information content (AvgIpc) is 2.14. The van der Waals surface area contributed by atoms with Crippen LogP contribution in [0.2, 0.25) is 0 Å². The van der Waals surface area contributed by atoms with Gasteiger partial charge in [0, 0.05) is 19.3 Å². The van der Waals surface area contributed by atoms with E-state index in [1.807, 2.05) is 4.90 Å². The quantitative estimate of drug-likeness (QED) is 0.603. The summed E-state index contributed by atoms with van der Waals surface area (Å²) in [5, 5.41) is 0. The molecule has 0 spiro atoms. The van der Waals surface area contributed by atoms with Gasteiger partial charge in [0.2, 0.25) is 0 Å². The molecular formula is C10H21NO4S. The van der Waals surface area contributed by atoms with Crippen LogP contribution < -0.4 is 0 Å². The van der Waals surface area contributed by atoms with E-state index in [0.29, 0.717) is 19.7 Å². The minimum atomic E-state index is -2.94. The molecule has 0 aliphatic carbocycles. The van der Waals surface area contributed by atoms with E-state index >= 15 is 0 Å². The Kier molecular flexibility index (Phi) is 6.59. The normalized spacial score (nSPS) is 13.8. The number of esters is 1. The SMILES string of the molecule is CCOC(=O)C(C)CN(C)CCS(C)(=O)=O. The molecule has 5 nitrogen and oxygen atoms in total. The molecule has 0 aromatic heterocycles. The molecule has 0 aromatic carbocycles. The largest absolute Gasteiger partial charge is 0.466 e. The lowest BCUT2D eigenvalue weighted by Crippen LogP contribution is -2.33. The maximum absolute atomic E-state index is 11.3. The van der Waals surface area contributed by atoms with Gasteiger partial charge >= 0.3 is 5.97 Å². The zero-order valence-electron chi connectivity index (χ0n) is 10.4. The van der Waals surface area contributed by atoms with Gasteiger partial charge in [-0.2, -0.15) is 0 Å². The van der Waals surface area contributed by atoms with Gasteiger partial charge in [0.15, 0.2) is 0 Å². The number of hydrogen-bond acceptors (Lipinski definition) is 5. The van der Waals surface area contributed by atoms with Crippen LogP contribution in [0.1, 0.15) is 13.8 Å². The summed E-state index contributed by atoms with van der Waals surface area (Å²) >= 11 is 0. The molecule has 0 fully saturated rings. The lowest BCUT2D eigenvalue weighted by Gasteiger charge is -2.19. The molecule has 0 aromatic rings. The number of hydrogen-bond donors (Lipinski definition) is 0. The summed E-state index contributed by atoms with van der Waals surface area (Å²) in [5.74, 6) is -0.364. The van der Waals surface area contributed by atoms with Crippen LogP contribution in [0.3, 0.4) is 0 Å². The van der Waals surface area contributed by atoms with Crippen LogP contribution >= 0.6 is 0 Å². The van der Waals surface area contributed by atoms with E-state index in [9.17, 15) is 13.2 Å². The minimum Gasteiger partial charge on any atom is -0.466 e. The number of ether oxygens (including phenoxy) is 1. The average molecular weight is 251 g/mol. The van der Waals surface area contributed by atoms with Crippen LogP contribution in [0.4, 0.5) is 0 Å². The summed E-state index contributed by atoms with van der Waals surface area (Å²) in [6.45, 7) is 4.85. The molecule has 0 aliphatic rings. The highest BCUT2D eigenvalue weighted by Gasteiger charge is 2.16. The van der Waals surface area contributed by atoms with Crippen molar-refractivity contribution in [3.63, 3.8) is 0 Å². The Hall–Kier alpha value is -0.620. The summed E-state index contributed by atoms with van der Waals surface area (Å²) < 4.78 is 26.7. The zero-order chi connectivity index (χ0) is 12.8. The van der Waals surface area contributed by atoms with Crippen LogP contribution in [-0.2, 0) is 19.4 Å². The molecule has 0 amide bonds. The molecule has 96 valence electrons. The number of carbonyl (C=O) groups is 1. The van der Waals surface area contributed by atoms with E-state index in [1.54, 1.807) is 20.9 Å². The van der Waals surface area contributed by atoms with Crippen molar-refractivity contribution < 1.29 is 17.9 Å². The number of nitrogens with zero attached hydrogens (tertiary/aromatic N) is 1. The Morgan fingerprint density at radius 2 is 2.00 bits per heavy atom. The Bertz CT molecular complexity index is 313. The number of carbonyl (C=O) groups excluding carboxylic acids is 1. The van der Waals surface area contributed by atoms with Gasteiger partial charge in [0.25, 0.3) is 0 Å². The Morgan fingerprint density at radius 1 is 1.44 bits per heavy atom. The van der Waals surface area contributed by atoms with Crippen LogP contribution in [0.15, 0.2) is 0 Å². The zero-order valence-corrected chi connectivity index (χ0v) is 11.2. The van der Waals surface area contributed by atoms with Crippen LogP contribution in [0.25, 0.3) is 0 Å². The van der Waals surface area contributed by atoms with E-state index < -0.39 is 9.84 Å². The first-order valence-electron chi connectivity index (χ1n) is 5.29. The first kappa shape index (κ1) is 15.4. The molecule has 16 heavy (non-hydrogen) atoms. The van der Waals surface area contributed by atoms with Crippen molar-refractivity contribution in [3.05, 3.63) is 0 Å². The topological polar surface area (TPSA) is 63.7 Å². The molecule has 0 radical (unpaired) electrons. The fourth-order valence-electron chi connectivity index (χ4n) is 1.24. The summed E-state index contributed by atoms with van der Waals surface area (Å²) in [4.78, 5) is 13.1. The van der Waals surface area contributed by atoms with Gasteiger partial charge < -0.3 is 9.64 Å². The molecule has 6 heteroatoms. The third-order valence-electron chi connectivity index (χ3n) is 2.12. The smallest absolute Gasteiger partial charge is 0.309 e. The molecular weight excluding hydrogens is 230 g/mol. The Balaban J connectivity index is 3.95. The van der Waals surface area contributed by atoms with Crippen LogP contribution in [0, 0.1) is 5.92 Å². The predicted octanol–water partition coefficient (Wildman–Crippen LogP) is 0.162. The fourth-order valence-corrected chi connectivity index (χ4v) is 1.88. The monoisotopic (exact) mass is 251 g/mol. The highest BCUT2D eigenvalue weighted by molar-refractivity contribution is 7.90. The van der Waals surface area contributed by atoms with Crippen molar-refractivity contribution in [2.45, 2.75) is 13.8 Å². The molecule has 0 saturated heterocycles. The lowest BCUT2D eigenvalue weighted by atomic mass is 10.2. The van der Waals surface area contributed by atoms with E-state index in [4.69, 9.17) is 4.74 Å². The Morgan fingerprint density at radius 3 is 2.44 bits per heavy atom. The second kappa shape index (κ2) is 6.85. The minimum absolute atomic E-state index is 0.110. The van der Waals surface area contributed by atoms with Crippen molar-refractivity contribution in [2.24, 2.45) is 5.92 Å². The molecule has 0 saturated carbocycles. The Labute approximate surface area is 97.7 Å². The number of sulfone groups is 1. The summed E-state index contributed by atoms with van der Waals surface area (Å²) in [5.41, 5.74) is 0. The van der Waals surface area contributed by atoms with Crippen LogP contribution in [-0.4, -0.2) is 58.0 Å². The van der Waals surface area contributed by atoms with E-state index in [1.165, 1.54) is 6.26 Å². The molecule has 0 heterocycles. The van der Waals surface area contributed by atoms with Gasteiger partial charge in [-0.25, -0.2) is 8.42 Å². The van der Waals surface area contributed by atoms with Gasteiger partial charge in [0.1, 0.15) is 9.84 Å². The fraction of sp³-hybridized carbons (Fsp3) is 0.900. The molecule has 1 unspecified atom stereocenters. The number of rotatable bonds is 7. The third-order valence-corrected chi connectivity index (χ3v) is 3.04. The maximum Gasteiger partial charge on any atom is 0.309 e. The van der Waals surface area contributed by atoms with E-state index in [2.05, 4.69) is 0 Å². The second-order valence-electron chi connectivity index (χ2n) is 4.05.